The van der Waals surface area contributed by atoms with Crippen LogP contribution in [0, 0.1) is 6.92 Å². The van der Waals surface area contributed by atoms with Crippen molar-refractivity contribution in [2.75, 3.05) is 5.32 Å². The molecule has 0 fully saturated rings. The zero-order valence-corrected chi connectivity index (χ0v) is 28.2. The molecule has 237 valence electrons. The Kier molecular flexibility index (Phi) is 5.92. The first-order valence-corrected chi connectivity index (χ1v) is 17.8. The molecule has 0 bridgehead atoms. The molecule has 3 heterocycles. The second kappa shape index (κ2) is 10.6. The van der Waals surface area contributed by atoms with Crippen LogP contribution in [0.25, 0.3) is 49.4 Å². The summed E-state index contributed by atoms with van der Waals surface area (Å²) >= 11 is 0. The van der Waals surface area contributed by atoms with Crippen molar-refractivity contribution in [2.45, 2.75) is 12.3 Å². The average molecular weight is 648 g/mol. The molecule has 3 heteroatoms. The van der Waals surface area contributed by atoms with E-state index in [1.165, 1.54) is 88.1 Å². The van der Waals surface area contributed by atoms with Gasteiger partial charge in [-0.3, -0.25) is 0 Å². The van der Waals surface area contributed by atoms with Crippen LogP contribution in [0.1, 0.15) is 27.8 Å². The molecule has 0 aliphatic carbocycles. The number of hydrogen-bond acceptors (Lipinski definition) is 1. The summed E-state index contributed by atoms with van der Waals surface area (Å²) in [6, 6.07) is 62.7. The van der Waals surface area contributed by atoms with Gasteiger partial charge in [0, 0.05) is 33.2 Å². The highest BCUT2D eigenvalue weighted by Crippen LogP contribution is 2.55. The number of rotatable bonds is 3. The number of aromatic nitrogens is 1. The van der Waals surface area contributed by atoms with Crippen LogP contribution >= 0.6 is 0 Å². The molecule has 0 amide bonds. The van der Waals surface area contributed by atoms with Gasteiger partial charge in [-0.15, -0.1) is 0 Å². The highest BCUT2D eigenvalue weighted by molar-refractivity contribution is 6.73. The Labute approximate surface area is 297 Å². The minimum absolute atomic E-state index is 0.514. The Hall–Kier alpha value is -6.32. The summed E-state index contributed by atoms with van der Waals surface area (Å²) in [5.74, 6) is 0. The number of aryl methyl sites for hydroxylation is 1. The Balaban J connectivity index is 1.23. The van der Waals surface area contributed by atoms with E-state index >= 15 is 0 Å². The third kappa shape index (κ3) is 3.84. The normalized spacial score (nSPS) is 13.7. The van der Waals surface area contributed by atoms with E-state index in [2.05, 4.69) is 194 Å². The smallest absolute Gasteiger partial charge is 0.197 e. The van der Waals surface area contributed by atoms with Gasteiger partial charge in [-0.05, 0) is 74.7 Å². The highest BCUT2D eigenvalue weighted by Gasteiger charge is 2.44. The van der Waals surface area contributed by atoms with Crippen LogP contribution in [-0.2, 0) is 5.41 Å². The van der Waals surface area contributed by atoms with Gasteiger partial charge in [-0.2, -0.15) is 0 Å². The quantitative estimate of drug-likeness (QED) is 0.189. The lowest BCUT2D eigenvalue weighted by Crippen LogP contribution is -2.38. The minimum Gasteiger partial charge on any atom is -0.354 e. The SMILES string of the molecule is Cc1cc(-c2cccc3c2Nc2ccccc2C3(c2ccccc2)c2ccccc2)c2c(c1)-n1c3ccc4ccccc4c3c3cccc(c31)[B]2. The maximum Gasteiger partial charge on any atom is 0.197 e. The molecule has 2 aliphatic rings. The monoisotopic (exact) mass is 647 g/mol. The fraction of sp³-hybridized carbons (Fsp3) is 0.0417. The molecule has 0 unspecified atom stereocenters. The Bertz CT molecular complexity index is 2830. The second-order valence-corrected chi connectivity index (χ2v) is 14.0. The number of anilines is 2. The summed E-state index contributed by atoms with van der Waals surface area (Å²) in [7, 11) is 2.42. The molecule has 0 spiro atoms. The van der Waals surface area contributed by atoms with E-state index in [1.807, 2.05) is 0 Å². The van der Waals surface area contributed by atoms with Crippen LogP contribution in [0.5, 0.6) is 0 Å². The summed E-state index contributed by atoms with van der Waals surface area (Å²) in [6.45, 7) is 2.24. The van der Waals surface area contributed by atoms with Gasteiger partial charge in [0.25, 0.3) is 0 Å². The number of benzene rings is 8. The first kappa shape index (κ1) is 28.5. The first-order valence-electron chi connectivity index (χ1n) is 17.8. The fourth-order valence-corrected chi connectivity index (χ4v) is 9.31. The molecular formula is C48H32BN2. The van der Waals surface area contributed by atoms with Crippen molar-refractivity contribution >= 4 is 62.2 Å². The molecule has 0 atom stereocenters. The van der Waals surface area contributed by atoms with Gasteiger partial charge in [-0.25, -0.2) is 0 Å². The molecular weight excluding hydrogens is 615 g/mol. The van der Waals surface area contributed by atoms with Crippen LogP contribution in [-0.4, -0.2) is 11.8 Å². The molecule has 11 rings (SSSR count). The van der Waals surface area contributed by atoms with E-state index < -0.39 is 5.41 Å². The highest BCUT2D eigenvalue weighted by atomic mass is 15.0. The number of hydrogen-bond donors (Lipinski definition) is 1. The van der Waals surface area contributed by atoms with Crippen LogP contribution < -0.4 is 16.2 Å². The van der Waals surface area contributed by atoms with Crippen LogP contribution in [0.15, 0.2) is 170 Å². The van der Waals surface area contributed by atoms with Crippen molar-refractivity contribution in [3.05, 3.63) is 198 Å². The van der Waals surface area contributed by atoms with Gasteiger partial charge < -0.3 is 9.88 Å². The third-order valence-corrected chi connectivity index (χ3v) is 11.3. The van der Waals surface area contributed by atoms with E-state index in [1.54, 1.807) is 0 Å². The van der Waals surface area contributed by atoms with Crippen LogP contribution in [0.4, 0.5) is 11.4 Å². The van der Waals surface area contributed by atoms with E-state index in [0.717, 1.165) is 11.4 Å². The Morgan fingerprint density at radius 1 is 0.569 bits per heavy atom. The molecule has 0 saturated heterocycles. The molecule has 51 heavy (non-hydrogen) atoms. The average Bonchev–Trinajstić information content (AvgIpc) is 3.54. The van der Waals surface area contributed by atoms with E-state index in [4.69, 9.17) is 0 Å². The summed E-state index contributed by atoms with van der Waals surface area (Å²) < 4.78 is 2.52. The number of nitrogens with zero attached hydrogens (tertiary/aromatic N) is 1. The van der Waals surface area contributed by atoms with Crippen LogP contribution in [0.3, 0.4) is 0 Å². The van der Waals surface area contributed by atoms with Gasteiger partial charge in [0.1, 0.15) is 0 Å². The first-order chi connectivity index (χ1) is 25.2. The van der Waals surface area contributed by atoms with Crippen molar-refractivity contribution < 1.29 is 0 Å². The number of nitrogens with one attached hydrogen (secondary N) is 1. The molecule has 1 radical (unpaired) electrons. The predicted octanol–water partition coefficient (Wildman–Crippen LogP) is 10.3. The predicted molar refractivity (Wildman–Crippen MR) is 215 cm³/mol. The Morgan fingerprint density at radius 3 is 2.08 bits per heavy atom. The van der Waals surface area contributed by atoms with Crippen molar-refractivity contribution in [1.82, 2.24) is 4.57 Å². The molecule has 0 saturated carbocycles. The molecule has 9 aromatic rings. The lowest BCUT2D eigenvalue weighted by molar-refractivity contribution is 0.741. The van der Waals surface area contributed by atoms with Gasteiger partial charge in [-0.1, -0.05) is 157 Å². The fourth-order valence-electron chi connectivity index (χ4n) is 9.31. The molecule has 2 aliphatic heterocycles. The van der Waals surface area contributed by atoms with Crippen molar-refractivity contribution in [3.63, 3.8) is 0 Å². The summed E-state index contributed by atoms with van der Waals surface area (Å²) in [5, 5.41) is 9.18. The van der Waals surface area contributed by atoms with Crippen molar-refractivity contribution in [1.29, 1.82) is 0 Å². The van der Waals surface area contributed by atoms with Crippen LogP contribution in [0.2, 0.25) is 0 Å². The maximum atomic E-state index is 3.99. The zero-order chi connectivity index (χ0) is 33.7. The van der Waals surface area contributed by atoms with Gasteiger partial charge in [0.15, 0.2) is 7.28 Å². The van der Waals surface area contributed by atoms with Gasteiger partial charge in [0.2, 0.25) is 0 Å². The van der Waals surface area contributed by atoms with Gasteiger partial charge in [0.05, 0.1) is 16.6 Å². The van der Waals surface area contributed by atoms with E-state index in [9.17, 15) is 0 Å². The number of fused-ring (bicyclic) bond motifs is 9. The summed E-state index contributed by atoms with van der Waals surface area (Å²) in [5.41, 5.74) is 16.7. The van der Waals surface area contributed by atoms with Gasteiger partial charge >= 0.3 is 0 Å². The third-order valence-electron chi connectivity index (χ3n) is 11.3. The molecule has 2 nitrogen and oxygen atoms in total. The lowest BCUT2D eigenvalue weighted by atomic mass is 9.58. The largest absolute Gasteiger partial charge is 0.354 e. The topological polar surface area (TPSA) is 17.0 Å². The van der Waals surface area contributed by atoms with Crippen molar-refractivity contribution in [2.24, 2.45) is 0 Å². The molecule has 1 N–H and O–H groups in total. The molecule has 1 aromatic heterocycles. The minimum atomic E-state index is -0.514. The standard InChI is InChI=1S/C48H32BN2/c1-30-28-37(45-43(29-30)51-42-27-26-31-14-8-9-19-34(31)44(42)36-21-13-24-40(49-45)47(36)51)35-20-12-23-39-46(35)50-41-25-11-10-22-38(41)48(39,32-15-4-2-5-16-32)33-17-6-3-7-18-33/h2-29,50H,1H3. The number of para-hydroxylation sites is 3. The summed E-state index contributed by atoms with van der Waals surface area (Å²) in [6.07, 6.45) is 0. The van der Waals surface area contributed by atoms with E-state index in [0.29, 0.717) is 0 Å². The zero-order valence-electron chi connectivity index (χ0n) is 28.2. The lowest BCUT2D eigenvalue weighted by Gasteiger charge is -2.43. The Morgan fingerprint density at radius 2 is 1.25 bits per heavy atom. The van der Waals surface area contributed by atoms with Crippen molar-refractivity contribution in [3.8, 4) is 16.8 Å². The second-order valence-electron chi connectivity index (χ2n) is 14.0. The summed E-state index contributed by atoms with van der Waals surface area (Å²) in [4.78, 5) is 0. The molecule has 8 aromatic carbocycles. The van der Waals surface area contributed by atoms with E-state index in [-0.39, 0.29) is 0 Å². The maximum absolute atomic E-state index is 3.99.